The molecule has 31 heavy (non-hydrogen) atoms. The Kier molecular flexibility index (Phi) is 6.23. The first kappa shape index (κ1) is 21.8. The smallest absolute Gasteiger partial charge is 0.416 e. The standard InChI is InChI=1S/C20H17F3N4O4/c1-3-30-19(29)15-11-16(27(2)26-15)25-17(28)14-8-5-9-24-18(14)31-13-7-4-6-12(10-13)20(21,22)23/h4-11H,3H2,1-2H3,(H,25,28). The number of alkyl halides is 3. The Morgan fingerprint density at radius 2 is 1.94 bits per heavy atom. The number of aromatic nitrogens is 3. The molecular formula is C20H17F3N4O4. The zero-order valence-corrected chi connectivity index (χ0v) is 16.4. The summed E-state index contributed by atoms with van der Waals surface area (Å²) in [4.78, 5) is 28.5. The van der Waals surface area contributed by atoms with Gasteiger partial charge in [0.1, 0.15) is 17.1 Å². The van der Waals surface area contributed by atoms with E-state index in [9.17, 15) is 22.8 Å². The maximum Gasteiger partial charge on any atom is 0.416 e. The molecule has 3 aromatic rings. The van der Waals surface area contributed by atoms with E-state index in [4.69, 9.17) is 9.47 Å². The quantitative estimate of drug-likeness (QED) is 0.588. The molecule has 162 valence electrons. The van der Waals surface area contributed by atoms with Gasteiger partial charge in [0.2, 0.25) is 5.88 Å². The van der Waals surface area contributed by atoms with E-state index < -0.39 is 23.6 Å². The van der Waals surface area contributed by atoms with Crippen LogP contribution >= 0.6 is 0 Å². The summed E-state index contributed by atoms with van der Waals surface area (Å²) in [5.74, 6) is -1.43. The number of nitrogens with one attached hydrogen (secondary N) is 1. The highest BCUT2D eigenvalue weighted by molar-refractivity contribution is 6.05. The number of halogens is 3. The van der Waals surface area contributed by atoms with E-state index in [1.165, 1.54) is 48.3 Å². The van der Waals surface area contributed by atoms with Gasteiger partial charge < -0.3 is 14.8 Å². The molecule has 3 rings (SSSR count). The highest BCUT2D eigenvalue weighted by Gasteiger charge is 2.30. The van der Waals surface area contributed by atoms with Gasteiger partial charge in [-0.3, -0.25) is 9.48 Å². The maximum atomic E-state index is 12.9. The lowest BCUT2D eigenvalue weighted by molar-refractivity contribution is -0.137. The van der Waals surface area contributed by atoms with Gasteiger partial charge >= 0.3 is 12.1 Å². The van der Waals surface area contributed by atoms with Crippen LogP contribution in [0.1, 0.15) is 33.3 Å². The average Bonchev–Trinajstić information content (AvgIpc) is 3.08. The number of pyridine rings is 1. The van der Waals surface area contributed by atoms with E-state index >= 15 is 0 Å². The van der Waals surface area contributed by atoms with Crippen LogP contribution < -0.4 is 10.1 Å². The molecule has 0 saturated carbocycles. The molecule has 1 N–H and O–H groups in total. The Balaban J connectivity index is 1.82. The molecular weight excluding hydrogens is 417 g/mol. The summed E-state index contributed by atoms with van der Waals surface area (Å²) in [6.07, 6.45) is -3.21. The third kappa shape index (κ3) is 5.18. The van der Waals surface area contributed by atoms with Crippen molar-refractivity contribution in [2.24, 2.45) is 7.05 Å². The molecule has 0 aliphatic rings. The van der Waals surface area contributed by atoms with Crippen molar-refractivity contribution in [1.29, 1.82) is 0 Å². The van der Waals surface area contributed by atoms with Crippen LogP contribution in [0.3, 0.4) is 0 Å². The second kappa shape index (κ2) is 8.86. The van der Waals surface area contributed by atoms with Gasteiger partial charge in [-0.05, 0) is 37.3 Å². The molecule has 0 atom stereocenters. The van der Waals surface area contributed by atoms with Crippen molar-refractivity contribution in [2.45, 2.75) is 13.1 Å². The number of nitrogens with zero attached hydrogens (tertiary/aromatic N) is 3. The van der Waals surface area contributed by atoms with Crippen molar-refractivity contribution in [3.05, 3.63) is 65.5 Å². The number of amides is 1. The number of carbonyl (C=O) groups excluding carboxylic acids is 2. The summed E-state index contributed by atoms with van der Waals surface area (Å²) in [6, 6.07) is 8.42. The lowest BCUT2D eigenvalue weighted by atomic mass is 10.2. The van der Waals surface area contributed by atoms with Gasteiger partial charge in [-0.25, -0.2) is 9.78 Å². The molecule has 2 heterocycles. The van der Waals surface area contributed by atoms with E-state index in [2.05, 4.69) is 15.4 Å². The monoisotopic (exact) mass is 434 g/mol. The largest absolute Gasteiger partial charge is 0.461 e. The number of esters is 1. The van der Waals surface area contributed by atoms with Crippen LogP contribution in [0, 0.1) is 0 Å². The fraction of sp³-hybridized carbons (Fsp3) is 0.200. The lowest BCUT2D eigenvalue weighted by Gasteiger charge is -2.12. The molecule has 0 aliphatic heterocycles. The summed E-state index contributed by atoms with van der Waals surface area (Å²) in [5, 5.41) is 6.53. The van der Waals surface area contributed by atoms with Gasteiger partial charge in [-0.15, -0.1) is 0 Å². The van der Waals surface area contributed by atoms with Crippen molar-refractivity contribution < 1.29 is 32.2 Å². The third-order valence-electron chi connectivity index (χ3n) is 4.00. The molecule has 2 aromatic heterocycles. The number of carbonyl (C=O) groups is 2. The summed E-state index contributed by atoms with van der Waals surface area (Å²) in [7, 11) is 1.52. The third-order valence-corrected chi connectivity index (χ3v) is 4.00. The molecule has 0 saturated heterocycles. The zero-order chi connectivity index (χ0) is 22.6. The van der Waals surface area contributed by atoms with Gasteiger partial charge in [-0.1, -0.05) is 6.07 Å². The number of hydrogen-bond acceptors (Lipinski definition) is 6. The minimum atomic E-state index is -4.54. The van der Waals surface area contributed by atoms with Crippen LogP contribution in [0.5, 0.6) is 11.6 Å². The normalized spacial score (nSPS) is 11.1. The fourth-order valence-corrected chi connectivity index (χ4v) is 2.57. The molecule has 11 heteroatoms. The molecule has 1 amide bonds. The molecule has 0 radical (unpaired) electrons. The second-order valence-corrected chi connectivity index (χ2v) is 6.20. The molecule has 0 unspecified atom stereocenters. The summed E-state index contributed by atoms with van der Waals surface area (Å²) in [5.41, 5.74) is -0.918. The fourth-order valence-electron chi connectivity index (χ4n) is 2.57. The van der Waals surface area contributed by atoms with Crippen molar-refractivity contribution in [1.82, 2.24) is 14.8 Å². The number of anilines is 1. The van der Waals surface area contributed by atoms with Gasteiger partial charge in [0.15, 0.2) is 5.69 Å². The number of hydrogen-bond donors (Lipinski definition) is 1. The predicted molar refractivity (Wildman–Crippen MR) is 103 cm³/mol. The SMILES string of the molecule is CCOC(=O)c1cc(NC(=O)c2cccnc2Oc2cccc(C(F)(F)F)c2)n(C)n1. The molecule has 0 bridgehead atoms. The van der Waals surface area contributed by atoms with E-state index in [1.807, 2.05) is 0 Å². The first-order chi connectivity index (χ1) is 14.7. The highest BCUT2D eigenvalue weighted by atomic mass is 19.4. The molecule has 0 aliphatic carbocycles. The maximum absolute atomic E-state index is 12.9. The Morgan fingerprint density at radius 3 is 2.65 bits per heavy atom. The van der Waals surface area contributed by atoms with Crippen LogP contribution in [-0.2, 0) is 18.0 Å². The Hall–Kier alpha value is -3.89. The molecule has 1 aromatic carbocycles. The van der Waals surface area contributed by atoms with Gasteiger partial charge in [0.05, 0.1) is 12.2 Å². The van der Waals surface area contributed by atoms with Crippen LogP contribution in [0.4, 0.5) is 19.0 Å². The number of aryl methyl sites for hydroxylation is 1. The van der Waals surface area contributed by atoms with Gasteiger partial charge in [-0.2, -0.15) is 18.3 Å². The minimum Gasteiger partial charge on any atom is -0.461 e. The molecule has 0 fully saturated rings. The highest BCUT2D eigenvalue weighted by Crippen LogP contribution is 2.33. The first-order valence-electron chi connectivity index (χ1n) is 9.01. The Bertz CT molecular complexity index is 1110. The summed E-state index contributed by atoms with van der Waals surface area (Å²) in [6.45, 7) is 1.82. The average molecular weight is 434 g/mol. The lowest BCUT2D eigenvalue weighted by Crippen LogP contribution is -2.16. The van der Waals surface area contributed by atoms with Crippen molar-refractivity contribution >= 4 is 17.7 Å². The minimum absolute atomic E-state index is 0.00581. The van der Waals surface area contributed by atoms with E-state index in [-0.39, 0.29) is 35.3 Å². The number of ether oxygens (including phenoxy) is 2. The van der Waals surface area contributed by atoms with Gasteiger partial charge in [0.25, 0.3) is 5.91 Å². The number of rotatable bonds is 6. The summed E-state index contributed by atoms with van der Waals surface area (Å²) < 4.78 is 50.4. The van der Waals surface area contributed by atoms with E-state index in [0.717, 1.165) is 12.1 Å². The van der Waals surface area contributed by atoms with Crippen molar-refractivity contribution in [3.8, 4) is 11.6 Å². The molecule has 0 spiro atoms. The predicted octanol–water partition coefficient (Wildman–Crippen LogP) is 4.06. The first-order valence-corrected chi connectivity index (χ1v) is 9.01. The van der Waals surface area contributed by atoms with E-state index in [0.29, 0.717) is 0 Å². The molecule has 8 nitrogen and oxygen atoms in total. The summed E-state index contributed by atoms with van der Waals surface area (Å²) >= 11 is 0. The van der Waals surface area contributed by atoms with Crippen molar-refractivity contribution in [2.75, 3.05) is 11.9 Å². The second-order valence-electron chi connectivity index (χ2n) is 6.20. The topological polar surface area (TPSA) is 95.3 Å². The van der Waals surface area contributed by atoms with Gasteiger partial charge in [0, 0.05) is 19.3 Å². The Labute approximate surface area is 174 Å². The van der Waals surface area contributed by atoms with Crippen LogP contribution in [0.2, 0.25) is 0 Å². The Morgan fingerprint density at radius 1 is 1.16 bits per heavy atom. The zero-order valence-electron chi connectivity index (χ0n) is 16.4. The van der Waals surface area contributed by atoms with Crippen molar-refractivity contribution in [3.63, 3.8) is 0 Å². The van der Waals surface area contributed by atoms with Crippen LogP contribution in [0.25, 0.3) is 0 Å². The van der Waals surface area contributed by atoms with E-state index in [1.54, 1.807) is 6.92 Å². The van der Waals surface area contributed by atoms with Crippen LogP contribution in [-0.4, -0.2) is 33.2 Å². The van der Waals surface area contributed by atoms with Crippen LogP contribution in [0.15, 0.2) is 48.7 Å². The number of benzene rings is 1.